The van der Waals surface area contributed by atoms with Crippen LogP contribution in [-0.2, 0) is 24.3 Å². The minimum absolute atomic E-state index is 0.0152. The quantitative estimate of drug-likeness (QED) is 0.838. The molecule has 2 aliphatic heterocycles. The highest BCUT2D eigenvalue weighted by Crippen LogP contribution is 2.42. The minimum Gasteiger partial charge on any atom is -0.332 e. The maximum absolute atomic E-state index is 13.0. The third kappa shape index (κ3) is 3.78. The normalized spacial score (nSPS) is 26.9. The molecule has 7 heteroatoms. The summed E-state index contributed by atoms with van der Waals surface area (Å²) in [5.74, 6) is 1.60. The summed E-state index contributed by atoms with van der Waals surface area (Å²) in [5, 5.41) is 2.10. The van der Waals surface area contributed by atoms with Crippen molar-refractivity contribution in [3.8, 4) is 0 Å². The van der Waals surface area contributed by atoms with Gasteiger partial charge in [-0.25, -0.2) is 4.98 Å². The number of hydrogen-bond acceptors (Lipinski definition) is 5. The number of rotatable bonds is 4. The van der Waals surface area contributed by atoms with Crippen LogP contribution >= 0.6 is 11.3 Å². The molecule has 5 rings (SSSR count). The number of aromatic nitrogens is 2. The molecule has 154 valence electrons. The van der Waals surface area contributed by atoms with E-state index in [0.29, 0.717) is 18.3 Å². The Morgan fingerprint density at radius 2 is 2.21 bits per heavy atom. The first-order chi connectivity index (χ1) is 14.1. The van der Waals surface area contributed by atoms with Gasteiger partial charge in [0.05, 0.1) is 11.7 Å². The Morgan fingerprint density at radius 3 is 2.97 bits per heavy atom. The van der Waals surface area contributed by atoms with Crippen molar-refractivity contribution in [1.29, 1.82) is 0 Å². The van der Waals surface area contributed by atoms with Crippen molar-refractivity contribution >= 4 is 17.2 Å². The molecule has 1 N–H and O–H groups in total. The number of nitrogens with zero attached hydrogens (tertiary/aromatic N) is 3. The van der Waals surface area contributed by atoms with Crippen LogP contribution in [-0.4, -0.2) is 38.8 Å². The fraction of sp³-hybridized carbons (Fsp3) is 0.591. The van der Waals surface area contributed by atoms with E-state index in [0.717, 1.165) is 63.0 Å². The molecule has 1 amide bonds. The number of H-pyrrole nitrogens is 1. The van der Waals surface area contributed by atoms with Crippen molar-refractivity contribution < 1.29 is 4.79 Å². The lowest BCUT2D eigenvalue weighted by atomic mass is 9.99. The number of carbonyl (C=O) groups excluding carboxylic acids is 1. The van der Waals surface area contributed by atoms with Crippen LogP contribution in [0.1, 0.15) is 60.6 Å². The molecule has 2 fully saturated rings. The summed E-state index contributed by atoms with van der Waals surface area (Å²) in [7, 11) is 0. The molecule has 0 spiro atoms. The Hall–Kier alpha value is -1.99. The van der Waals surface area contributed by atoms with Crippen molar-refractivity contribution in [3.05, 3.63) is 49.8 Å². The first-order valence-corrected chi connectivity index (χ1v) is 11.7. The first-order valence-electron chi connectivity index (χ1n) is 10.8. The van der Waals surface area contributed by atoms with Gasteiger partial charge in [-0.15, -0.1) is 11.3 Å². The Morgan fingerprint density at radius 1 is 1.34 bits per heavy atom. The zero-order chi connectivity index (χ0) is 20.0. The summed E-state index contributed by atoms with van der Waals surface area (Å²) in [6.45, 7) is 5.39. The van der Waals surface area contributed by atoms with Crippen LogP contribution < -0.4 is 5.56 Å². The summed E-state index contributed by atoms with van der Waals surface area (Å²) in [4.78, 5) is 39.4. The molecule has 3 atom stereocenters. The van der Waals surface area contributed by atoms with Crippen molar-refractivity contribution in [2.45, 2.75) is 58.2 Å². The predicted octanol–water partition coefficient (Wildman–Crippen LogP) is 3.10. The molecule has 0 aromatic carbocycles. The fourth-order valence-electron chi connectivity index (χ4n) is 4.79. The van der Waals surface area contributed by atoms with Crippen LogP contribution in [0.3, 0.4) is 0 Å². The fourth-order valence-corrected chi connectivity index (χ4v) is 5.53. The SMILES string of the molecule is CC1CC1C(=O)N1CCCCC1c1nc2c(c(=O)[nH]1)CCN(Cc1cccs1)C2. The van der Waals surface area contributed by atoms with E-state index in [1.807, 2.05) is 4.90 Å². The van der Waals surface area contributed by atoms with Gasteiger partial charge >= 0.3 is 0 Å². The monoisotopic (exact) mass is 412 g/mol. The Bertz CT molecular complexity index is 954. The maximum Gasteiger partial charge on any atom is 0.254 e. The molecule has 1 saturated heterocycles. The van der Waals surface area contributed by atoms with E-state index in [1.54, 1.807) is 11.3 Å². The lowest BCUT2D eigenvalue weighted by Gasteiger charge is -2.36. The third-order valence-corrected chi connectivity index (χ3v) is 7.52. The number of hydrogen-bond donors (Lipinski definition) is 1. The van der Waals surface area contributed by atoms with Crippen molar-refractivity contribution in [2.75, 3.05) is 13.1 Å². The zero-order valence-electron chi connectivity index (χ0n) is 16.9. The largest absolute Gasteiger partial charge is 0.332 e. The predicted molar refractivity (Wildman–Crippen MR) is 113 cm³/mol. The molecule has 3 unspecified atom stereocenters. The summed E-state index contributed by atoms with van der Waals surface area (Å²) in [6.07, 6.45) is 4.71. The average molecular weight is 413 g/mol. The molecule has 6 nitrogen and oxygen atoms in total. The van der Waals surface area contributed by atoms with Crippen LogP contribution in [0.5, 0.6) is 0 Å². The number of amides is 1. The molecule has 2 aromatic heterocycles. The van der Waals surface area contributed by atoms with Crippen LogP contribution in [0, 0.1) is 11.8 Å². The number of fused-ring (bicyclic) bond motifs is 1. The number of piperidine rings is 1. The molecule has 2 aromatic rings. The second kappa shape index (κ2) is 7.69. The highest BCUT2D eigenvalue weighted by molar-refractivity contribution is 7.09. The molecule has 3 aliphatic rings. The highest BCUT2D eigenvalue weighted by atomic mass is 32.1. The summed E-state index contributed by atoms with van der Waals surface area (Å²) in [6, 6.07) is 4.14. The lowest BCUT2D eigenvalue weighted by molar-refractivity contribution is -0.137. The Kier molecular flexibility index (Phi) is 5.04. The molecule has 29 heavy (non-hydrogen) atoms. The Balaban J connectivity index is 1.40. The van der Waals surface area contributed by atoms with Gasteiger partial charge in [0, 0.05) is 42.5 Å². The van der Waals surface area contributed by atoms with Crippen molar-refractivity contribution in [3.63, 3.8) is 0 Å². The third-order valence-electron chi connectivity index (χ3n) is 6.66. The molecule has 1 saturated carbocycles. The van der Waals surface area contributed by atoms with Crippen LogP contribution in [0.25, 0.3) is 0 Å². The second-order valence-electron chi connectivity index (χ2n) is 8.78. The van der Waals surface area contributed by atoms with Gasteiger partial charge in [-0.2, -0.15) is 0 Å². The number of carbonyl (C=O) groups is 1. The van der Waals surface area contributed by atoms with E-state index in [2.05, 4.69) is 34.3 Å². The highest BCUT2D eigenvalue weighted by Gasteiger charge is 2.44. The van der Waals surface area contributed by atoms with Crippen LogP contribution in [0.2, 0.25) is 0 Å². The summed E-state index contributed by atoms with van der Waals surface area (Å²) < 4.78 is 0. The summed E-state index contributed by atoms with van der Waals surface area (Å²) >= 11 is 1.76. The van der Waals surface area contributed by atoms with E-state index < -0.39 is 0 Å². The van der Waals surface area contributed by atoms with E-state index in [-0.39, 0.29) is 23.4 Å². The van der Waals surface area contributed by atoms with E-state index in [1.165, 1.54) is 4.88 Å². The van der Waals surface area contributed by atoms with Crippen molar-refractivity contribution in [1.82, 2.24) is 19.8 Å². The standard InChI is InChI=1S/C22H28N4O2S/c1-14-11-17(14)22(28)26-8-3-2-6-19(26)20-23-18-13-25(12-15-5-4-10-29-15)9-7-16(18)21(27)24-20/h4-5,10,14,17,19H,2-3,6-9,11-13H2,1H3,(H,23,24,27). The lowest BCUT2D eigenvalue weighted by Crippen LogP contribution is -2.42. The smallest absolute Gasteiger partial charge is 0.254 e. The van der Waals surface area contributed by atoms with Gasteiger partial charge in [0.1, 0.15) is 5.82 Å². The van der Waals surface area contributed by atoms with Gasteiger partial charge in [-0.3, -0.25) is 14.5 Å². The average Bonchev–Trinajstić information content (AvgIpc) is 3.23. The minimum atomic E-state index is -0.0882. The number of nitrogens with one attached hydrogen (secondary N) is 1. The zero-order valence-corrected chi connectivity index (χ0v) is 17.7. The molecule has 1 aliphatic carbocycles. The van der Waals surface area contributed by atoms with E-state index in [4.69, 9.17) is 4.98 Å². The number of thiophene rings is 1. The molecular weight excluding hydrogens is 384 g/mol. The van der Waals surface area contributed by atoms with Crippen molar-refractivity contribution in [2.24, 2.45) is 11.8 Å². The maximum atomic E-state index is 13.0. The molecular formula is C22H28N4O2S. The van der Waals surface area contributed by atoms with Gasteiger partial charge in [-0.1, -0.05) is 13.0 Å². The first kappa shape index (κ1) is 19.0. The van der Waals surface area contributed by atoms with Crippen LogP contribution in [0.15, 0.2) is 22.3 Å². The summed E-state index contributed by atoms with van der Waals surface area (Å²) in [5.41, 5.74) is 1.70. The topological polar surface area (TPSA) is 69.3 Å². The van der Waals surface area contributed by atoms with Gasteiger partial charge in [-0.05, 0) is 49.5 Å². The molecule has 0 bridgehead atoms. The molecule has 4 heterocycles. The number of likely N-dealkylation sites (tertiary alicyclic amines) is 1. The molecule has 0 radical (unpaired) electrons. The number of aromatic amines is 1. The van der Waals surface area contributed by atoms with Gasteiger partial charge in [0.25, 0.3) is 5.56 Å². The van der Waals surface area contributed by atoms with Gasteiger partial charge in [0.2, 0.25) is 5.91 Å². The Labute approximate surface area is 175 Å². The van der Waals surface area contributed by atoms with E-state index in [9.17, 15) is 9.59 Å². The second-order valence-corrected chi connectivity index (χ2v) is 9.81. The van der Waals surface area contributed by atoms with E-state index >= 15 is 0 Å². The van der Waals surface area contributed by atoms with Gasteiger partial charge < -0.3 is 9.88 Å². The van der Waals surface area contributed by atoms with Crippen LogP contribution in [0.4, 0.5) is 0 Å². The van der Waals surface area contributed by atoms with Gasteiger partial charge in [0.15, 0.2) is 0 Å².